The van der Waals surface area contributed by atoms with Crippen LogP contribution in [0, 0.1) is 0 Å². The monoisotopic (exact) mass is 301 g/mol. The van der Waals surface area contributed by atoms with Crippen LogP contribution in [0.5, 0.6) is 5.75 Å². The standard InChI is InChI=1S/C12H16BrNO3/c1-17-12-3-2-9(13)4-8(12)5-14-6-10(15)11(16)7-14/h2-4,10-11,15-16H,5-7H2,1H3/t10-,11+. The first-order valence-electron chi connectivity index (χ1n) is 5.51. The van der Waals surface area contributed by atoms with E-state index in [1.165, 1.54) is 0 Å². The third-order valence-electron chi connectivity index (χ3n) is 2.97. The Morgan fingerprint density at radius 1 is 1.35 bits per heavy atom. The number of ether oxygens (including phenoxy) is 1. The average molecular weight is 302 g/mol. The van der Waals surface area contributed by atoms with Crippen LogP contribution in [0.2, 0.25) is 0 Å². The molecule has 17 heavy (non-hydrogen) atoms. The van der Waals surface area contributed by atoms with E-state index >= 15 is 0 Å². The van der Waals surface area contributed by atoms with Crippen LogP contribution < -0.4 is 4.74 Å². The Bertz CT molecular complexity index is 389. The number of nitrogens with zero attached hydrogens (tertiary/aromatic N) is 1. The van der Waals surface area contributed by atoms with Gasteiger partial charge >= 0.3 is 0 Å². The maximum atomic E-state index is 9.50. The number of aliphatic hydroxyl groups excluding tert-OH is 2. The van der Waals surface area contributed by atoms with E-state index in [0.717, 1.165) is 15.8 Å². The zero-order chi connectivity index (χ0) is 12.4. The summed E-state index contributed by atoms with van der Waals surface area (Å²) in [5.74, 6) is 0.823. The van der Waals surface area contributed by atoms with Gasteiger partial charge in [0, 0.05) is 29.7 Å². The van der Waals surface area contributed by atoms with E-state index in [9.17, 15) is 10.2 Å². The zero-order valence-corrected chi connectivity index (χ0v) is 11.2. The third kappa shape index (κ3) is 2.98. The van der Waals surface area contributed by atoms with Gasteiger partial charge in [0.05, 0.1) is 19.3 Å². The lowest BCUT2D eigenvalue weighted by Gasteiger charge is -2.17. The van der Waals surface area contributed by atoms with Gasteiger partial charge in [-0.1, -0.05) is 15.9 Å². The Balaban J connectivity index is 2.10. The molecule has 0 bridgehead atoms. The highest BCUT2D eigenvalue weighted by molar-refractivity contribution is 9.10. The lowest BCUT2D eigenvalue weighted by atomic mass is 10.2. The fourth-order valence-corrected chi connectivity index (χ4v) is 2.50. The lowest BCUT2D eigenvalue weighted by Crippen LogP contribution is -2.22. The van der Waals surface area contributed by atoms with Crippen molar-refractivity contribution in [3.8, 4) is 5.75 Å². The maximum Gasteiger partial charge on any atom is 0.123 e. The quantitative estimate of drug-likeness (QED) is 0.874. The van der Waals surface area contributed by atoms with Gasteiger partial charge in [-0.15, -0.1) is 0 Å². The van der Waals surface area contributed by atoms with Crippen molar-refractivity contribution in [2.45, 2.75) is 18.8 Å². The van der Waals surface area contributed by atoms with Crippen LogP contribution in [0.25, 0.3) is 0 Å². The molecular formula is C12H16BrNO3. The molecule has 1 aliphatic heterocycles. The summed E-state index contributed by atoms with van der Waals surface area (Å²) >= 11 is 3.43. The molecule has 0 unspecified atom stereocenters. The van der Waals surface area contributed by atoms with Crippen molar-refractivity contribution in [2.75, 3.05) is 20.2 Å². The van der Waals surface area contributed by atoms with Gasteiger partial charge < -0.3 is 14.9 Å². The zero-order valence-electron chi connectivity index (χ0n) is 9.64. The fourth-order valence-electron chi connectivity index (χ4n) is 2.09. The second-order valence-corrected chi connectivity index (χ2v) is 5.20. The van der Waals surface area contributed by atoms with Crippen LogP contribution >= 0.6 is 15.9 Å². The number of likely N-dealkylation sites (tertiary alicyclic amines) is 1. The van der Waals surface area contributed by atoms with Crippen molar-refractivity contribution in [1.29, 1.82) is 0 Å². The topological polar surface area (TPSA) is 52.9 Å². The maximum absolute atomic E-state index is 9.50. The van der Waals surface area contributed by atoms with Gasteiger partial charge in [-0.3, -0.25) is 4.90 Å². The van der Waals surface area contributed by atoms with E-state index in [1.807, 2.05) is 23.1 Å². The van der Waals surface area contributed by atoms with Crippen molar-refractivity contribution in [2.24, 2.45) is 0 Å². The summed E-state index contributed by atoms with van der Waals surface area (Å²) in [6.45, 7) is 1.66. The van der Waals surface area contributed by atoms with Crippen LogP contribution in [-0.4, -0.2) is 47.5 Å². The Morgan fingerprint density at radius 3 is 2.59 bits per heavy atom. The van der Waals surface area contributed by atoms with Gasteiger partial charge in [-0.05, 0) is 18.2 Å². The van der Waals surface area contributed by atoms with Crippen LogP contribution in [0.1, 0.15) is 5.56 Å². The molecule has 0 radical (unpaired) electrons. The van der Waals surface area contributed by atoms with Gasteiger partial charge in [0.1, 0.15) is 5.75 Å². The smallest absolute Gasteiger partial charge is 0.123 e. The molecule has 0 saturated carbocycles. The highest BCUT2D eigenvalue weighted by Gasteiger charge is 2.29. The molecule has 5 heteroatoms. The molecule has 0 aromatic heterocycles. The summed E-state index contributed by atoms with van der Waals surface area (Å²) in [7, 11) is 1.64. The van der Waals surface area contributed by atoms with Crippen LogP contribution in [0.4, 0.5) is 0 Å². The molecule has 2 atom stereocenters. The number of hydrogen-bond donors (Lipinski definition) is 2. The molecule has 94 valence electrons. The molecule has 0 spiro atoms. The minimum atomic E-state index is -0.645. The summed E-state index contributed by atoms with van der Waals surface area (Å²) in [6, 6.07) is 5.83. The molecule has 1 aromatic carbocycles. The third-order valence-corrected chi connectivity index (χ3v) is 3.46. The number of methoxy groups -OCH3 is 1. The van der Waals surface area contributed by atoms with Crippen molar-refractivity contribution in [3.63, 3.8) is 0 Å². The number of rotatable bonds is 3. The Hall–Kier alpha value is -0.620. The van der Waals surface area contributed by atoms with E-state index in [0.29, 0.717) is 19.6 Å². The molecule has 1 heterocycles. The number of halogens is 1. The number of benzene rings is 1. The summed E-state index contributed by atoms with van der Waals surface area (Å²) < 4.78 is 6.29. The molecule has 1 aliphatic rings. The van der Waals surface area contributed by atoms with Gasteiger partial charge in [-0.25, -0.2) is 0 Å². The Kier molecular flexibility index (Phi) is 4.04. The Labute approximate surface area is 109 Å². The van der Waals surface area contributed by atoms with Crippen molar-refractivity contribution < 1.29 is 14.9 Å². The molecule has 2 rings (SSSR count). The first kappa shape index (κ1) is 12.8. The van der Waals surface area contributed by atoms with Crippen molar-refractivity contribution in [3.05, 3.63) is 28.2 Å². The van der Waals surface area contributed by atoms with E-state index in [2.05, 4.69) is 15.9 Å². The molecule has 1 fully saturated rings. The summed E-state index contributed by atoms with van der Waals surface area (Å²) in [5, 5.41) is 19.0. The number of aliphatic hydroxyl groups is 2. The van der Waals surface area contributed by atoms with Gasteiger partial charge in [-0.2, -0.15) is 0 Å². The average Bonchev–Trinajstić information content (AvgIpc) is 2.58. The molecule has 1 aromatic rings. The summed E-state index contributed by atoms with van der Waals surface area (Å²) in [4.78, 5) is 2.01. The predicted molar refractivity (Wildman–Crippen MR) is 68.0 cm³/mol. The lowest BCUT2D eigenvalue weighted by molar-refractivity contribution is 0.0572. The molecule has 1 saturated heterocycles. The van der Waals surface area contributed by atoms with Gasteiger partial charge in [0.2, 0.25) is 0 Å². The van der Waals surface area contributed by atoms with Crippen LogP contribution in [-0.2, 0) is 6.54 Å². The second-order valence-electron chi connectivity index (χ2n) is 4.28. The first-order valence-corrected chi connectivity index (χ1v) is 6.30. The van der Waals surface area contributed by atoms with E-state index in [-0.39, 0.29) is 0 Å². The van der Waals surface area contributed by atoms with E-state index in [1.54, 1.807) is 7.11 Å². The molecule has 0 amide bonds. The van der Waals surface area contributed by atoms with Crippen LogP contribution in [0.15, 0.2) is 22.7 Å². The normalized spacial score (nSPS) is 25.2. The minimum absolute atomic E-state index is 0.497. The predicted octanol–water partition coefficient (Wildman–Crippen LogP) is 0.995. The SMILES string of the molecule is COc1ccc(Br)cc1CN1C[C@@H](O)[C@@H](O)C1. The molecule has 0 aliphatic carbocycles. The number of β-amino-alcohol motifs (C(OH)–C–C–N with tert-alkyl or cyclic N) is 2. The molecular weight excluding hydrogens is 286 g/mol. The highest BCUT2D eigenvalue weighted by Crippen LogP contribution is 2.25. The number of hydrogen-bond acceptors (Lipinski definition) is 4. The van der Waals surface area contributed by atoms with E-state index in [4.69, 9.17) is 4.74 Å². The summed E-state index contributed by atoms with van der Waals surface area (Å²) in [5.41, 5.74) is 1.04. The van der Waals surface area contributed by atoms with Gasteiger partial charge in [0.25, 0.3) is 0 Å². The van der Waals surface area contributed by atoms with Gasteiger partial charge in [0.15, 0.2) is 0 Å². The highest BCUT2D eigenvalue weighted by atomic mass is 79.9. The second kappa shape index (κ2) is 5.35. The Morgan fingerprint density at radius 2 is 2.00 bits per heavy atom. The van der Waals surface area contributed by atoms with Crippen LogP contribution in [0.3, 0.4) is 0 Å². The summed E-state index contributed by atoms with van der Waals surface area (Å²) in [6.07, 6.45) is -1.29. The largest absolute Gasteiger partial charge is 0.496 e. The first-order chi connectivity index (χ1) is 8.10. The van der Waals surface area contributed by atoms with Crippen molar-refractivity contribution in [1.82, 2.24) is 4.90 Å². The minimum Gasteiger partial charge on any atom is -0.496 e. The van der Waals surface area contributed by atoms with Crippen molar-refractivity contribution >= 4 is 15.9 Å². The van der Waals surface area contributed by atoms with E-state index < -0.39 is 12.2 Å². The molecule has 4 nitrogen and oxygen atoms in total. The fraction of sp³-hybridized carbons (Fsp3) is 0.500. The molecule has 2 N–H and O–H groups in total.